The number of hydrogen-bond acceptors (Lipinski definition) is 3. The van der Waals surface area contributed by atoms with Crippen molar-refractivity contribution >= 4 is 11.9 Å². The summed E-state index contributed by atoms with van der Waals surface area (Å²) in [6, 6.07) is 0. The Morgan fingerprint density at radius 2 is 2.10 bits per heavy atom. The van der Waals surface area contributed by atoms with E-state index in [1.807, 2.05) is 25.3 Å². The third-order valence-electron chi connectivity index (χ3n) is 3.49. The van der Waals surface area contributed by atoms with Gasteiger partial charge in [0.25, 0.3) is 0 Å². The average Bonchev–Trinajstić information content (AvgIpc) is 2.84. The fraction of sp³-hybridized carbons (Fsp3) is 0.500. The zero-order chi connectivity index (χ0) is 14.5. The lowest BCUT2D eigenvalue weighted by Gasteiger charge is -2.24. The van der Waals surface area contributed by atoms with Gasteiger partial charge in [-0.15, -0.1) is 0 Å². The van der Waals surface area contributed by atoms with Gasteiger partial charge in [0.2, 0.25) is 5.91 Å². The van der Waals surface area contributed by atoms with Gasteiger partial charge in [0.15, 0.2) is 0 Å². The van der Waals surface area contributed by atoms with E-state index >= 15 is 0 Å². The molecule has 0 unspecified atom stereocenters. The summed E-state index contributed by atoms with van der Waals surface area (Å²) < 4.78 is 1.76. The third kappa shape index (κ3) is 3.46. The molecule has 6 nitrogen and oxygen atoms in total. The molecule has 0 aliphatic heterocycles. The Bertz CT molecular complexity index is 521. The number of carbonyl (C=O) groups excluding carboxylic acids is 1. The van der Waals surface area contributed by atoms with E-state index in [9.17, 15) is 9.59 Å². The van der Waals surface area contributed by atoms with Crippen molar-refractivity contribution < 1.29 is 14.7 Å². The quantitative estimate of drug-likeness (QED) is 0.786. The molecule has 2 atom stereocenters. The summed E-state index contributed by atoms with van der Waals surface area (Å²) in [5.41, 5.74) is 1.07. The van der Waals surface area contributed by atoms with Crippen molar-refractivity contribution in [3.05, 3.63) is 30.1 Å². The number of nitrogens with zero attached hydrogens (tertiary/aromatic N) is 2. The van der Waals surface area contributed by atoms with Gasteiger partial charge in [0.05, 0.1) is 24.6 Å². The summed E-state index contributed by atoms with van der Waals surface area (Å²) in [4.78, 5) is 23.2. The number of aromatic nitrogens is 2. The third-order valence-corrected chi connectivity index (χ3v) is 3.49. The second-order valence-electron chi connectivity index (χ2n) is 5.07. The summed E-state index contributed by atoms with van der Waals surface area (Å²) in [6.45, 7) is 2.99. The molecule has 1 aliphatic carbocycles. The number of carbonyl (C=O) groups is 2. The van der Waals surface area contributed by atoms with Gasteiger partial charge in [-0.25, -0.2) is 0 Å². The minimum atomic E-state index is -0.905. The molecule has 0 radical (unpaired) electrons. The van der Waals surface area contributed by atoms with Gasteiger partial charge in [0.1, 0.15) is 0 Å². The zero-order valence-corrected chi connectivity index (χ0v) is 11.5. The summed E-state index contributed by atoms with van der Waals surface area (Å²) in [5, 5.41) is 16.1. The van der Waals surface area contributed by atoms with E-state index in [4.69, 9.17) is 5.11 Å². The predicted octanol–water partition coefficient (Wildman–Crippen LogP) is 0.975. The largest absolute Gasteiger partial charge is 0.481 e. The Labute approximate surface area is 117 Å². The number of hydrogen-bond donors (Lipinski definition) is 2. The van der Waals surface area contributed by atoms with Gasteiger partial charge >= 0.3 is 5.97 Å². The monoisotopic (exact) mass is 277 g/mol. The van der Waals surface area contributed by atoms with E-state index in [2.05, 4.69) is 10.4 Å². The molecule has 1 amide bonds. The second kappa shape index (κ2) is 6.36. The maximum absolute atomic E-state index is 12.1. The molecule has 2 N–H and O–H groups in total. The molecule has 0 saturated heterocycles. The number of nitrogens with one attached hydrogen (secondary N) is 1. The van der Waals surface area contributed by atoms with E-state index in [1.54, 1.807) is 10.9 Å². The molecule has 108 valence electrons. The lowest BCUT2D eigenvalue weighted by atomic mass is 9.82. The highest BCUT2D eigenvalue weighted by atomic mass is 16.4. The zero-order valence-electron chi connectivity index (χ0n) is 11.5. The van der Waals surface area contributed by atoms with Crippen LogP contribution in [0.25, 0.3) is 0 Å². The predicted molar refractivity (Wildman–Crippen MR) is 73.0 cm³/mol. The molecule has 0 aromatic carbocycles. The molecule has 1 heterocycles. The van der Waals surface area contributed by atoms with Gasteiger partial charge in [-0.05, 0) is 25.3 Å². The number of aryl methyl sites for hydroxylation is 1. The van der Waals surface area contributed by atoms with Crippen LogP contribution in [0.15, 0.2) is 24.5 Å². The molecule has 2 rings (SSSR count). The van der Waals surface area contributed by atoms with Crippen molar-refractivity contribution in [1.29, 1.82) is 0 Å². The first-order valence-corrected chi connectivity index (χ1v) is 6.72. The van der Waals surface area contributed by atoms with Crippen LogP contribution in [0.3, 0.4) is 0 Å². The van der Waals surface area contributed by atoms with E-state index in [0.717, 1.165) is 5.56 Å². The Hall–Kier alpha value is -2.11. The molecule has 0 saturated carbocycles. The highest BCUT2D eigenvalue weighted by Gasteiger charge is 2.33. The average molecular weight is 277 g/mol. The van der Waals surface area contributed by atoms with Crippen LogP contribution >= 0.6 is 0 Å². The fourth-order valence-corrected chi connectivity index (χ4v) is 2.39. The molecule has 0 spiro atoms. The van der Waals surface area contributed by atoms with Crippen LogP contribution in [-0.2, 0) is 16.1 Å². The molecule has 0 bridgehead atoms. The van der Waals surface area contributed by atoms with Crippen molar-refractivity contribution in [2.75, 3.05) is 6.54 Å². The Kier molecular flexibility index (Phi) is 4.55. The standard InChI is InChI=1S/C14H19N3O3/c1-10-8-16-17(9-10)7-6-15-13(18)11-4-2-3-5-12(11)14(19)20/h2-3,8-9,11-12H,4-7H2,1H3,(H,15,18)(H,19,20)/t11-,12+/m1/s1. The molecule has 20 heavy (non-hydrogen) atoms. The molecular weight excluding hydrogens is 258 g/mol. The van der Waals surface area contributed by atoms with Gasteiger partial charge in [-0.1, -0.05) is 12.2 Å². The Morgan fingerprint density at radius 3 is 2.70 bits per heavy atom. The number of amides is 1. The Balaban J connectivity index is 1.84. The van der Waals surface area contributed by atoms with Gasteiger partial charge in [-0.2, -0.15) is 5.10 Å². The second-order valence-corrected chi connectivity index (χ2v) is 5.07. The van der Waals surface area contributed by atoms with Crippen LogP contribution in [0.4, 0.5) is 0 Å². The normalized spacial score (nSPS) is 21.6. The summed E-state index contributed by atoms with van der Waals surface area (Å²) in [5.74, 6) is -2.19. The van der Waals surface area contributed by atoms with Crippen LogP contribution in [0.5, 0.6) is 0 Å². The van der Waals surface area contributed by atoms with Crippen LogP contribution in [0.1, 0.15) is 18.4 Å². The highest BCUT2D eigenvalue weighted by Crippen LogP contribution is 2.25. The SMILES string of the molecule is Cc1cnn(CCNC(=O)[C@@H]2CC=CC[C@@H]2C(=O)O)c1. The minimum Gasteiger partial charge on any atom is -0.481 e. The Morgan fingerprint density at radius 1 is 1.40 bits per heavy atom. The van der Waals surface area contributed by atoms with Crippen molar-refractivity contribution in [3.63, 3.8) is 0 Å². The maximum atomic E-state index is 12.1. The smallest absolute Gasteiger partial charge is 0.307 e. The molecule has 1 aromatic heterocycles. The van der Waals surface area contributed by atoms with Gasteiger partial charge in [0, 0.05) is 12.7 Å². The first kappa shape index (κ1) is 14.3. The minimum absolute atomic E-state index is 0.189. The maximum Gasteiger partial charge on any atom is 0.307 e. The first-order chi connectivity index (χ1) is 9.58. The van der Waals surface area contributed by atoms with Crippen molar-refractivity contribution in [3.8, 4) is 0 Å². The molecule has 1 aromatic rings. The van der Waals surface area contributed by atoms with E-state index in [-0.39, 0.29) is 5.91 Å². The molecule has 0 fully saturated rings. The van der Waals surface area contributed by atoms with Crippen LogP contribution < -0.4 is 5.32 Å². The molecular formula is C14H19N3O3. The van der Waals surface area contributed by atoms with Crippen molar-refractivity contribution in [2.45, 2.75) is 26.3 Å². The van der Waals surface area contributed by atoms with E-state index < -0.39 is 17.8 Å². The van der Waals surface area contributed by atoms with Crippen LogP contribution in [-0.4, -0.2) is 33.3 Å². The van der Waals surface area contributed by atoms with Crippen molar-refractivity contribution in [1.82, 2.24) is 15.1 Å². The van der Waals surface area contributed by atoms with Gasteiger partial charge < -0.3 is 10.4 Å². The van der Waals surface area contributed by atoms with Crippen LogP contribution in [0.2, 0.25) is 0 Å². The summed E-state index contributed by atoms with van der Waals surface area (Å²) >= 11 is 0. The van der Waals surface area contributed by atoms with Gasteiger partial charge in [-0.3, -0.25) is 14.3 Å². The molecule has 1 aliphatic rings. The molecule has 6 heteroatoms. The van der Waals surface area contributed by atoms with Crippen molar-refractivity contribution in [2.24, 2.45) is 11.8 Å². The number of rotatable bonds is 5. The summed E-state index contributed by atoms with van der Waals surface area (Å²) in [7, 11) is 0. The van der Waals surface area contributed by atoms with E-state index in [0.29, 0.717) is 25.9 Å². The number of carboxylic acids is 1. The lowest BCUT2D eigenvalue weighted by Crippen LogP contribution is -2.39. The highest BCUT2D eigenvalue weighted by molar-refractivity contribution is 5.85. The topological polar surface area (TPSA) is 84.2 Å². The number of aliphatic carboxylic acids is 1. The lowest BCUT2D eigenvalue weighted by molar-refractivity contribution is -0.147. The number of carboxylic acid groups (broad SMARTS) is 1. The van der Waals surface area contributed by atoms with Crippen LogP contribution in [0, 0.1) is 18.8 Å². The van der Waals surface area contributed by atoms with E-state index in [1.165, 1.54) is 0 Å². The number of allylic oxidation sites excluding steroid dienone is 2. The fourth-order valence-electron chi connectivity index (χ4n) is 2.39. The summed E-state index contributed by atoms with van der Waals surface area (Å²) in [6.07, 6.45) is 8.27. The first-order valence-electron chi connectivity index (χ1n) is 6.72.